The number of nitrogens with zero attached hydrogens (tertiary/aromatic N) is 2. The number of aliphatic hydroxyl groups is 1. The summed E-state index contributed by atoms with van der Waals surface area (Å²) in [5.41, 5.74) is 1.95. The normalized spacial score (nSPS) is 10.3. The van der Waals surface area contributed by atoms with Crippen LogP contribution in [0.5, 0.6) is 11.5 Å². The first-order valence-corrected chi connectivity index (χ1v) is 6.46. The number of para-hydroxylation sites is 1. The molecule has 0 atom stereocenters. The van der Waals surface area contributed by atoms with Crippen LogP contribution in [0.4, 0.5) is 0 Å². The second-order valence-electron chi connectivity index (χ2n) is 4.57. The van der Waals surface area contributed by atoms with E-state index >= 15 is 0 Å². The second-order valence-corrected chi connectivity index (χ2v) is 4.57. The molecular weight excluding hydrogens is 264 g/mol. The van der Waals surface area contributed by atoms with Gasteiger partial charge in [-0.05, 0) is 29.8 Å². The third-order valence-corrected chi connectivity index (χ3v) is 3.14. The average molecular weight is 276 g/mol. The zero-order valence-corrected chi connectivity index (χ0v) is 11.2. The van der Waals surface area contributed by atoms with E-state index in [0.717, 1.165) is 10.9 Å². The Hall–Kier alpha value is -2.90. The van der Waals surface area contributed by atoms with Crippen LogP contribution in [0.15, 0.2) is 54.7 Å². The van der Waals surface area contributed by atoms with Crippen LogP contribution in [0.25, 0.3) is 10.9 Å². The van der Waals surface area contributed by atoms with Crippen LogP contribution < -0.4 is 4.74 Å². The van der Waals surface area contributed by atoms with Crippen molar-refractivity contribution in [2.75, 3.05) is 0 Å². The van der Waals surface area contributed by atoms with Crippen LogP contribution in [0.2, 0.25) is 0 Å². The lowest BCUT2D eigenvalue weighted by molar-refractivity contribution is 0.281. The fraction of sp³-hybridized carbons (Fsp3) is 0.0588. The Morgan fingerprint density at radius 2 is 2.00 bits per heavy atom. The van der Waals surface area contributed by atoms with E-state index in [2.05, 4.69) is 11.1 Å². The summed E-state index contributed by atoms with van der Waals surface area (Å²) in [6, 6.07) is 16.7. The largest absolute Gasteiger partial charge is 0.454 e. The number of ether oxygens (including phenoxy) is 1. The van der Waals surface area contributed by atoms with E-state index in [4.69, 9.17) is 15.1 Å². The van der Waals surface area contributed by atoms with E-state index in [-0.39, 0.29) is 6.61 Å². The van der Waals surface area contributed by atoms with E-state index in [0.29, 0.717) is 22.6 Å². The van der Waals surface area contributed by atoms with Gasteiger partial charge < -0.3 is 9.84 Å². The quantitative estimate of drug-likeness (QED) is 0.796. The predicted octanol–water partition coefficient (Wildman–Crippen LogP) is 3.39. The molecule has 0 spiro atoms. The van der Waals surface area contributed by atoms with Gasteiger partial charge >= 0.3 is 0 Å². The van der Waals surface area contributed by atoms with E-state index in [1.807, 2.05) is 30.3 Å². The van der Waals surface area contributed by atoms with Crippen LogP contribution in [-0.4, -0.2) is 10.1 Å². The summed E-state index contributed by atoms with van der Waals surface area (Å²) < 4.78 is 5.74. The van der Waals surface area contributed by atoms with Crippen molar-refractivity contribution in [2.45, 2.75) is 6.61 Å². The molecule has 0 amide bonds. The van der Waals surface area contributed by atoms with Gasteiger partial charge in [-0.1, -0.05) is 24.3 Å². The van der Waals surface area contributed by atoms with Gasteiger partial charge in [0.2, 0.25) is 0 Å². The van der Waals surface area contributed by atoms with Gasteiger partial charge in [-0.3, -0.25) is 4.98 Å². The first-order chi connectivity index (χ1) is 10.3. The highest BCUT2D eigenvalue weighted by molar-refractivity contribution is 5.79. The van der Waals surface area contributed by atoms with Crippen LogP contribution >= 0.6 is 0 Å². The minimum absolute atomic E-state index is 0.105. The molecule has 21 heavy (non-hydrogen) atoms. The fourth-order valence-corrected chi connectivity index (χ4v) is 2.09. The van der Waals surface area contributed by atoms with Crippen LogP contribution in [0.3, 0.4) is 0 Å². The molecule has 0 bridgehead atoms. The summed E-state index contributed by atoms with van der Waals surface area (Å²) in [6.07, 6.45) is 1.63. The molecular formula is C17H12N2O2. The highest BCUT2D eigenvalue weighted by Crippen LogP contribution is 2.27. The van der Waals surface area contributed by atoms with Crippen LogP contribution in [-0.2, 0) is 6.61 Å². The highest BCUT2D eigenvalue weighted by Gasteiger charge is 2.07. The number of aromatic nitrogens is 1. The molecule has 1 N–H and O–H groups in total. The molecule has 3 aromatic rings. The lowest BCUT2D eigenvalue weighted by Crippen LogP contribution is -1.92. The van der Waals surface area contributed by atoms with Crippen molar-refractivity contribution in [3.8, 4) is 17.6 Å². The minimum Gasteiger partial charge on any atom is -0.454 e. The van der Waals surface area contributed by atoms with Gasteiger partial charge in [0.25, 0.3) is 0 Å². The molecule has 0 radical (unpaired) electrons. The number of hydrogen-bond donors (Lipinski definition) is 1. The standard InChI is InChI=1S/C17H12N2O2/c18-9-14-7-12(11-20)5-6-17(14)21-15-8-13-3-1-2-4-16(13)19-10-15/h1-8,10,20H,11H2. The molecule has 3 rings (SSSR count). The molecule has 0 aliphatic rings. The van der Waals surface area contributed by atoms with Gasteiger partial charge in [0, 0.05) is 5.39 Å². The Balaban J connectivity index is 1.96. The molecule has 1 heterocycles. The van der Waals surface area contributed by atoms with E-state index in [1.54, 1.807) is 24.4 Å². The van der Waals surface area contributed by atoms with Crippen LogP contribution in [0, 0.1) is 11.3 Å². The SMILES string of the molecule is N#Cc1cc(CO)ccc1Oc1cnc2ccccc2c1. The van der Waals surface area contributed by atoms with Gasteiger partial charge in [0.1, 0.15) is 17.6 Å². The predicted molar refractivity (Wildman–Crippen MR) is 78.9 cm³/mol. The molecule has 102 valence electrons. The molecule has 4 heteroatoms. The van der Waals surface area contributed by atoms with Gasteiger partial charge in [-0.15, -0.1) is 0 Å². The maximum Gasteiger partial charge on any atom is 0.146 e. The Morgan fingerprint density at radius 1 is 1.14 bits per heavy atom. The number of pyridine rings is 1. The third kappa shape index (κ3) is 2.69. The van der Waals surface area contributed by atoms with Crippen molar-refractivity contribution in [1.29, 1.82) is 5.26 Å². The Labute approximate surface area is 121 Å². The second kappa shape index (κ2) is 5.61. The van der Waals surface area contributed by atoms with E-state index in [1.165, 1.54) is 0 Å². The van der Waals surface area contributed by atoms with Crippen molar-refractivity contribution in [1.82, 2.24) is 4.98 Å². The smallest absolute Gasteiger partial charge is 0.146 e. The molecule has 0 saturated carbocycles. The molecule has 0 fully saturated rings. The molecule has 0 unspecified atom stereocenters. The number of hydrogen-bond acceptors (Lipinski definition) is 4. The van der Waals surface area contributed by atoms with Gasteiger partial charge in [0.15, 0.2) is 0 Å². The van der Waals surface area contributed by atoms with Crippen molar-refractivity contribution in [3.63, 3.8) is 0 Å². The van der Waals surface area contributed by atoms with E-state index < -0.39 is 0 Å². The molecule has 1 aromatic heterocycles. The van der Waals surface area contributed by atoms with Crippen molar-refractivity contribution in [3.05, 3.63) is 65.9 Å². The summed E-state index contributed by atoms with van der Waals surface area (Å²) in [6.45, 7) is -0.105. The fourth-order valence-electron chi connectivity index (χ4n) is 2.09. The number of fused-ring (bicyclic) bond motifs is 1. The summed E-state index contributed by atoms with van der Waals surface area (Å²) >= 11 is 0. The van der Waals surface area contributed by atoms with Gasteiger partial charge in [-0.25, -0.2) is 0 Å². The molecule has 0 aliphatic carbocycles. The van der Waals surface area contributed by atoms with Crippen molar-refractivity contribution < 1.29 is 9.84 Å². The maximum absolute atomic E-state index is 9.16. The van der Waals surface area contributed by atoms with Crippen molar-refractivity contribution >= 4 is 10.9 Å². The highest BCUT2D eigenvalue weighted by atomic mass is 16.5. The Morgan fingerprint density at radius 3 is 2.81 bits per heavy atom. The summed E-state index contributed by atoms with van der Waals surface area (Å²) in [7, 11) is 0. The Bertz CT molecular complexity index is 838. The first kappa shape index (κ1) is 13.1. The zero-order chi connectivity index (χ0) is 14.7. The van der Waals surface area contributed by atoms with Crippen molar-refractivity contribution in [2.24, 2.45) is 0 Å². The number of nitriles is 1. The van der Waals surface area contributed by atoms with E-state index in [9.17, 15) is 0 Å². The van der Waals surface area contributed by atoms with Gasteiger partial charge in [-0.2, -0.15) is 5.26 Å². The summed E-state index contributed by atoms with van der Waals surface area (Å²) in [4.78, 5) is 4.32. The zero-order valence-electron chi connectivity index (χ0n) is 11.2. The monoisotopic (exact) mass is 276 g/mol. The summed E-state index contributed by atoms with van der Waals surface area (Å²) in [5, 5.41) is 19.2. The Kier molecular flexibility index (Phi) is 3.50. The number of benzene rings is 2. The van der Waals surface area contributed by atoms with Gasteiger partial charge in [0.05, 0.1) is 23.9 Å². The molecule has 4 nitrogen and oxygen atoms in total. The lowest BCUT2D eigenvalue weighted by atomic mass is 10.1. The lowest BCUT2D eigenvalue weighted by Gasteiger charge is -2.09. The first-order valence-electron chi connectivity index (χ1n) is 6.46. The average Bonchev–Trinajstić information content (AvgIpc) is 2.55. The topological polar surface area (TPSA) is 66.1 Å². The van der Waals surface area contributed by atoms with Crippen LogP contribution in [0.1, 0.15) is 11.1 Å². The molecule has 0 saturated heterocycles. The summed E-state index contributed by atoms with van der Waals surface area (Å²) in [5.74, 6) is 1.02. The molecule has 2 aromatic carbocycles. The number of aliphatic hydroxyl groups excluding tert-OH is 1. The molecule has 0 aliphatic heterocycles. The minimum atomic E-state index is -0.105. The third-order valence-electron chi connectivity index (χ3n) is 3.14. The number of rotatable bonds is 3. The maximum atomic E-state index is 9.16.